The third kappa shape index (κ3) is 2.57. The van der Waals surface area contributed by atoms with E-state index in [9.17, 15) is 10.1 Å². The summed E-state index contributed by atoms with van der Waals surface area (Å²) in [6.45, 7) is 3.84. The fraction of sp³-hybridized carbons (Fsp3) is 0.333. The van der Waals surface area contributed by atoms with E-state index in [1.54, 1.807) is 6.08 Å². The SMILES string of the molecule is CC1(C)C(/C=C(\C#N)c2ccc(Br)cc2)C1C(=O)O. The number of nitrogens with zero attached hydrogens (tertiary/aromatic N) is 1. The van der Waals surface area contributed by atoms with Gasteiger partial charge in [0.05, 0.1) is 17.6 Å². The van der Waals surface area contributed by atoms with E-state index in [1.807, 2.05) is 38.1 Å². The minimum atomic E-state index is -0.792. The van der Waals surface area contributed by atoms with Crippen LogP contribution in [0.2, 0.25) is 0 Å². The third-order valence-corrected chi connectivity index (χ3v) is 4.33. The molecular weight excluding hydrogens is 306 g/mol. The Morgan fingerprint density at radius 1 is 1.42 bits per heavy atom. The Balaban J connectivity index is 2.29. The first kappa shape index (κ1) is 13.8. The summed E-state index contributed by atoms with van der Waals surface area (Å²) in [4.78, 5) is 11.1. The quantitative estimate of drug-likeness (QED) is 0.864. The summed E-state index contributed by atoms with van der Waals surface area (Å²) in [5.41, 5.74) is 1.08. The van der Waals surface area contributed by atoms with Gasteiger partial charge < -0.3 is 5.11 Å². The van der Waals surface area contributed by atoms with Gasteiger partial charge in [-0.25, -0.2) is 0 Å². The summed E-state index contributed by atoms with van der Waals surface area (Å²) in [6.07, 6.45) is 1.79. The van der Waals surface area contributed by atoms with Crippen LogP contribution in [0.5, 0.6) is 0 Å². The zero-order chi connectivity index (χ0) is 14.2. The molecule has 0 amide bonds. The molecule has 1 N–H and O–H groups in total. The van der Waals surface area contributed by atoms with Crippen LogP contribution < -0.4 is 0 Å². The Morgan fingerprint density at radius 2 is 2.00 bits per heavy atom. The van der Waals surface area contributed by atoms with E-state index in [1.165, 1.54) is 0 Å². The molecule has 0 aromatic heterocycles. The normalized spacial score (nSPS) is 24.6. The van der Waals surface area contributed by atoms with Crippen LogP contribution in [0.15, 0.2) is 34.8 Å². The molecule has 2 rings (SSSR count). The van der Waals surface area contributed by atoms with Crippen molar-refractivity contribution in [2.24, 2.45) is 17.3 Å². The number of carbonyl (C=O) groups is 1. The zero-order valence-electron chi connectivity index (χ0n) is 10.7. The molecule has 19 heavy (non-hydrogen) atoms. The molecule has 1 aromatic rings. The molecule has 0 bridgehead atoms. The van der Waals surface area contributed by atoms with Gasteiger partial charge in [-0.1, -0.05) is 48.0 Å². The van der Waals surface area contributed by atoms with Crippen LogP contribution in [0, 0.1) is 28.6 Å². The second-order valence-corrected chi connectivity index (χ2v) is 6.28. The number of benzene rings is 1. The Hall–Kier alpha value is -1.60. The van der Waals surface area contributed by atoms with Gasteiger partial charge in [0.1, 0.15) is 0 Å². The average Bonchev–Trinajstić information content (AvgIpc) is 2.89. The first-order valence-electron chi connectivity index (χ1n) is 5.98. The standard InChI is InChI=1S/C15H14BrNO2/c1-15(2)12(13(15)14(18)19)7-10(8-17)9-3-5-11(16)6-4-9/h3-7,12-13H,1-2H3,(H,18,19)/b10-7+. The van der Waals surface area contributed by atoms with Crippen molar-refractivity contribution in [3.05, 3.63) is 40.4 Å². The van der Waals surface area contributed by atoms with Gasteiger partial charge in [0.2, 0.25) is 0 Å². The Morgan fingerprint density at radius 3 is 2.42 bits per heavy atom. The highest BCUT2D eigenvalue weighted by Gasteiger charge is 2.61. The lowest BCUT2D eigenvalue weighted by molar-refractivity contribution is -0.139. The van der Waals surface area contributed by atoms with Gasteiger partial charge in [-0.05, 0) is 29.0 Å². The summed E-state index contributed by atoms with van der Waals surface area (Å²) < 4.78 is 0.948. The smallest absolute Gasteiger partial charge is 0.307 e. The molecule has 4 heteroatoms. The predicted molar refractivity (Wildman–Crippen MR) is 76.1 cm³/mol. The fourth-order valence-electron chi connectivity index (χ4n) is 2.47. The van der Waals surface area contributed by atoms with Crippen LogP contribution in [-0.2, 0) is 4.79 Å². The molecule has 1 saturated carbocycles. The molecule has 1 aromatic carbocycles. The molecule has 0 saturated heterocycles. The van der Waals surface area contributed by atoms with Crippen molar-refractivity contribution in [1.29, 1.82) is 5.26 Å². The molecule has 3 nitrogen and oxygen atoms in total. The van der Waals surface area contributed by atoms with Crippen LogP contribution in [0.3, 0.4) is 0 Å². The minimum Gasteiger partial charge on any atom is -0.481 e. The Bertz CT molecular complexity index is 581. The Kier molecular flexibility index (Phi) is 3.51. The predicted octanol–water partition coefficient (Wildman–Crippen LogP) is 3.71. The summed E-state index contributed by atoms with van der Waals surface area (Å²) in [5, 5.41) is 18.4. The van der Waals surface area contributed by atoms with Gasteiger partial charge in [0.15, 0.2) is 0 Å². The minimum absolute atomic E-state index is 0.0803. The summed E-state index contributed by atoms with van der Waals surface area (Å²) >= 11 is 3.35. The van der Waals surface area contributed by atoms with Crippen LogP contribution in [0.25, 0.3) is 5.57 Å². The summed E-state index contributed by atoms with van der Waals surface area (Å²) in [6, 6.07) is 9.60. The van der Waals surface area contributed by atoms with E-state index in [0.717, 1.165) is 10.0 Å². The maximum atomic E-state index is 11.1. The zero-order valence-corrected chi connectivity index (χ0v) is 12.3. The molecule has 1 aliphatic carbocycles. The van der Waals surface area contributed by atoms with Crippen LogP contribution in [-0.4, -0.2) is 11.1 Å². The van der Waals surface area contributed by atoms with Gasteiger partial charge in [0.25, 0.3) is 0 Å². The molecule has 1 aliphatic rings. The van der Waals surface area contributed by atoms with Crippen molar-refractivity contribution in [3.8, 4) is 6.07 Å². The summed E-state index contributed by atoms with van der Waals surface area (Å²) in [5.74, 6) is -1.27. The van der Waals surface area contributed by atoms with Gasteiger partial charge in [-0.3, -0.25) is 4.79 Å². The van der Waals surface area contributed by atoms with Gasteiger partial charge in [-0.2, -0.15) is 5.26 Å². The number of allylic oxidation sites excluding steroid dienone is 2. The molecule has 0 radical (unpaired) electrons. The number of rotatable bonds is 3. The lowest BCUT2D eigenvalue weighted by Gasteiger charge is -2.01. The van der Waals surface area contributed by atoms with E-state index >= 15 is 0 Å². The van der Waals surface area contributed by atoms with Crippen LogP contribution >= 0.6 is 15.9 Å². The number of hydrogen-bond donors (Lipinski definition) is 1. The highest BCUT2D eigenvalue weighted by atomic mass is 79.9. The second kappa shape index (κ2) is 4.82. The molecule has 2 atom stereocenters. The van der Waals surface area contributed by atoms with Crippen molar-refractivity contribution >= 4 is 27.5 Å². The van der Waals surface area contributed by atoms with Crippen molar-refractivity contribution in [3.63, 3.8) is 0 Å². The monoisotopic (exact) mass is 319 g/mol. The van der Waals surface area contributed by atoms with E-state index in [2.05, 4.69) is 22.0 Å². The van der Waals surface area contributed by atoms with Crippen molar-refractivity contribution in [1.82, 2.24) is 0 Å². The fourth-order valence-corrected chi connectivity index (χ4v) is 2.73. The average molecular weight is 320 g/mol. The van der Waals surface area contributed by atoms with Crippen LogP contribution in [0.1, 0.15) is 19.4 Å². The molecule has 0 heterocycles. The number of aliphatic carboxylic acids is 1. The van der Waals surface area contributed by atoms with Gasteiger partial charge in [0, 0.05) is 4.47 Å². The largest absolute Gasteiger partial charge is 0.481 e. The number of carboxylic acids is 1. The summed E-state index contributed by atoms with van der Waals surface area (Å²) in [7, 11) is 0. The van der Waals surface area contributed by atoms with E-state index < -0.39 is 11.9 Å². The number of nitriles is 1. The van der Waals surface area contributed by atoms with E-state index in [0.29, 0.717) is 5.57 Å². The highest BCUT2D eigenvalue weighted by Crippen LogP contribution is 2.59. The topological polar surface area (TPSA) is 61.1 Å². The molecule has 98 valence electrons. The molecule has 2 unspecified atom stereocenters. The first-order valence-corrected chi connectivity index (χ1v) is 6.78. The van der Waals surface area contributed by atoms with Gasteiger partial charge in [-0.15, -0.1) is 0 Å². The molecular formula is C15H14BrNO2. The van der Waals surface area contributed by atoms with Gasteiger partial charge >= 0.3 is 5.97 Å². The van der Waals surface area contributed by atoms with Crippen molar-refractivity contribution < 1.29 is 9.90 Å². The van der Waals surface area contributed by atoms with Crippen molar-refractivity contribution in [2.75, 3.05) is 0 Å². The third-order valence-electron chi connectivity index (χ3n) is 3.80. The maximum absolute atomic E-state index is 11.1. The molecule has 1 fully saturated rings. The first-order chi connectivity index (χ1) is 8.87. The highest BCUT2D eigenvalue weighted by molar-refractivity contribution is 9.10. The van der Waals surface area contributed by atoms with Crippen molar-refractivity contribution in [2.45, 2.75) is 13.8 Å². The molecule has 0 spiro atoms. The molecule has 0 aliphatic heterocycles. The number of carboxylic acid groups (broad SMARTS) is 1. The maximum Gasteiger partial charge on any atom is 0.307 e. The number of hydrogen-bond acceptors (Lipinski definition) is 2. The number of halogens is 1. The lowest BCUT2D eigenvalue weighted by atomic mass is 10.0. The van der Waals surface area contributed by atoms with E-state index in [-0.39, 0.29) is 11.3 Å². The van der Waals surface area contributed by atoms with E-state index in [4.69, 9.17) is 5.11 Å². The van der Waals surface area contributed by atoms with Crippen LogP contribution in [0.4, 0.5) is 0 Å². The Labute approximate surface area is 120 Å². The lowest BCUT2D eigenvalue weighted by Crippen LogP contribution is -2.03. The second-order valence-electron chi connectivity index (χ2n) is 5.36.